The van der Waals surface area contributed by atoms with Gasteiger partial charge in [0.15, 0.2) is 0 Å². The number of nitrogens with zero attached hydrogens (tertiary/aromatic N) is 1. The fourth-order valence-corrected chi connectivity index (χ4v) is 3.33. The molecule has 3 N–H and O–H groups in total. The molecule has 140 valence electrons. The Morgan fingerprint density at radius 1 is 1.00 bits per heavy atom. The van der Waals surface area contributed by atoms with Crippen LogP contribution in [0.25, 0.3) is 0 Å². The molecule has 0 fully saturated rings. The average molecular weight is 353 g/mol. The van der Waals surface area contributed by atoms with E-state index in [1.165, 1.54) is 57.8 Å². The maximum atomic E-state index is 10.8. The molecule has 0 aliphatic heterocycles. The minimum Gasteiger partial charge on any atom is -0.304 e. The van der Waals surface area contributed by atoms with Crippen molar-refractivity contribution in [2.75, 3.05) is 25.9 Å². The van der Waals surface area contributed by atoms with Gasteiger partial charge in [0, 0.05) is 6.54 Å². The van der Waals surface area contributed by atoms with Crippen molar-refractivity contribution in [2.24, 2.45) is 5.90 Å². The third kappa shape index (κ3) is 16.4. The molecule has 0 aromatic heterocycles. The molecule has 0 heterocycles. The zero-order valence-electron chi connectivity index (χ0n) is 14.9. The number of hydrogen-bond donors (Lipinski definition) is 2. The van der Waals surface area contributed by atoms with Gasteiger partial charge >= 0.3 is 0 Å². The van der Waals surface area contributed by atoms with E-state index in [1.807, 2.05) is 11.9 Å². The maximum absolute atomic E-state index is 10.8. The third-order valence-electron chi connectivity index (χ3n) is 4.00. The molecule has 0 radical (unpaired) electrons. The lowest BCUT2D eigenvalue weighted by Gasteiger charge is -2.21. The molecule has 7 heteroatoms. The normalized spacial score (nSPS) is 13.6. The molecule has 0 aliphatic carbocycles. The second-order valence-electron chi connectivity index (χ2n) is 6.45. The molecule has 0 aromatic carbocycles. The summed E-state index contributed by atoms with van der Waals surface area (Å²) >= 11 is 0. The monoisotopic (exact) mass is 352 g/mol. The lowest BCUT2D eigenvalue weighted by molar-refractivity contribution is 0.0441. The molecule has 0 saturated heterocycles. The summed E-state index contributed by atoms with van der Waals surface area (Å²) in [6.45, 7) is 3.51. The second kappa shape index (κ2) is 14.2. The van der Waals surface area contributed by atoms with Gasteiger partial charge in [-0.2, -0.15) is 8.42 Å². The standard InChI is InChI=1S/C16H36N2O4S/c1-3-4-5-6-7-8-9-10-11-12-13-18(2)14-16(22-17)15-23(19,20)21/h16H,3-15,17H2,1-2H3,(H,19,20,21). The number of hydrogen-bond acceptors (Lipinski definition) is 5. The van der Waals surface area contributed by atoms with Gasteiger partial charge in [-0.25, -0.2) is 5.90 Å². The van der Waals surface area contributed by atoms with E-state index >= 15 is 0 Å². The van der Waals surface area contributed by atoms with Crippen LogP contribution in [0.5, 0.6) is 0 Å². The van der Waals surface area contributed by atoms with Gasteiger partial charge in [-0.05, 0) is 20.0 Å². The topological polar surface area (TPSA) is 92.9 Å². The second-order valence-corrected chi connectivity index (χ2v) is 7.95. The first kappa shape index (κ1) is 22.8. The van der Waals surface area contributed by atoms with E-state index in [1.54, 1.807) is 0 Å². The van der Waals surface area contributed by atoms with Gasteiger partial charge in [-0.1, -0.05) is 64.7 Å². The largest absolute Gasteiger partial charge is 0.304 e. The molecular formula is C16H36N2O4S. The Morgan fingerprint density at radius 3 is 1.91 bits per heavy atom. The molecule has 0 bridgehead atoms. The van der Waals surface area contributed by atoms with E-state index in [-0.39, 0.29) is 0 Å². The van der Waals surface area contributed by atoms with Crippen molar-refractivity contribution in [3.8, 4) is 0 Å². The maximum Gasteiger partial charge on any atom is 0.267 e. The summed E-state index contributed by atoms with van der Waals surface area (Å²) in [7, 11) is -2.15. The zero-order chi connectivity index (χ0) is 17.6. The van der Waals surface area contributed by atoms with E-state index < -0.39 is 22.0 Å². The van der Waals surface area contributed by atoms with Crippen LogP contribution in [-0.4, -0.2) is 49.9 Å². The molecule has 0 aliphatic rings. The van der Waals surface area contributed by atoms with Crippen molar-refractivity contribution in [2.45, 2.75) is 77.2 Å². The minimum absolute atomic E-state index is 0.397. The van der Waals surface area contributed by atoms with Gasteiger partial charge in [0.1, 0.15) is 11.9 Å². The van der Waals surface area contributed by atoms with Gasteiger partial charge in [0.05, 0.1) is 0 Å². The lowest BCUT2D eigenvalue weighted by atomic mass is 10.1. The van der Waals surface area contributed by atoms with Crippen LogP contribution in [0.3, 0.4) is 0 Å². The highest BCUT2D eigenvalue weighted by molar-refractivity contribution is 7.85. The Balaban J connectivity index is 3.53. The zero-order valence-corrected chi connectivity index (χ0v) is 15.7. The quantitative estimate of drug-likeness (QED) is 0.252. The molecule has 0 aromatic rings. The Bertz CT molecular complexity index is 363. The minimum atomic E-state index is -4.06. The van der Waals surface area contributed by atoms with Crippen molar-refractivity contribution in [3.63, 3.8) is 0 Å². The van der Waals surface area contributed by atoms with Crippen molar-refractivity contribution in [3.05, 3.63) is 0 Å². The average Bonchev–Trinajstić information content (AvgIpc) is 2.47. The molecule has 1 atom stereocenters. The predicted octanol–water partition coefficient (Wildman–Crippen LogP) is 2.99. The summed E-state index contributed by atoms with van der Waals surface area (Å²) < 4.78 is 30.5. The number of likely N-dealkylation sites (N-methyl/N-ethyl adjacent to an activating group) is 1. The fraction of sp³-hybridized carbons (Fsp3) is 1.00. The summed E-state index contributed by atoms with van der Waals surface area (Å²) in [5.74, 6) is 4.61. The summed E-state index contributed by atoms with van der Waals surface area (Å²) in [5.41, 5.74) is 0. The molecule has 0 saturated carbocycles. The predicted molar refractivity (Wildman–Crippen MR) is 94.8 cm³/mol. The van der Waals surface area contributed by atoms with Crippen LogP contribution in [0.15, 0.2) is 0 Å². The van der Waals surface area contributed by atoms with E-state index in [0.717, 1.165) is 13.0 Å². The summed E-state index contributed by atoms with van der Waals surface area (Å²) in [6.07, 6.45) is 12.2. The number of nitrogens with two attached hydrogens (primary N) is 1. The highest BCUT2D eigenvalue weighted by Crippen LogP contribution is 2.10. The van der Waals surface area contributed by atoms with Crippen LogP contribution < -0.4 is 5.90 Å². The summed E-state index contributed by atoms with van der Waals surface area (Å²) in [6, 6.07) is 0. The van der Waals surface area contributed by atoms with E-state index in [0.29, 0.717) is 6.54 Å². The molecule has 0 rings (SSSR count). The molecule has 23 heavy (non-hydrogen) atoms. The Kier molecular flexibility index (Phi) is 14.0. The molecule has 0 amide bonds. The molecule has 6 nitrogen and oxygen atoms in total. The smallest absolute Gasteiger partial charge is 0.267 e. The first-order valence-corrected chi connectivity index (χ1v) is 10.5. The van der Waals surface area contributed by atoms with Crippen molar-refractivity contribution in [1.82, 2.24) is 4.90 Å². The first-order chi connectivity index (χ1) is 10.9. The fourth-order valence-electron chi connectivity index (χ4n) is 2.68. The Hall–Kier alpha value is -0.210. The summed E-state index contributed by atoms with van der Waals surface area (Å²) in [5, 5.41) is 0. The van der Waals surface area contributed by atoms with Crippen LogP contribution in [0.2, 0.25) is 0 Å². The van der Waals surface area contributed by atoms with Gasteiger partial charge in [0.2, 0.25) is 0 Å². The SMILES string of the molecule is CCCCCCCCCCCCN(C)CC(CS(=O)(=O)O)ON. The van der Waals surface area contributed by atoms with Crippen molar-refractivity contribution in [1.29, 1.82) is 0 Å². The van der Waals surface area contributed by atoms with E-state index in [2.05, 4.69) is 11.8 Å². The highest BCUT2D eigenvalue weighted by atomic mass is 32.2. The van der Waals surface area contributed by atoms with Crippen molar-refractivity contribution >= 4 is 10.1 Å². The van der Waals surface area contributed by atoms with Crippen LogP contribution >= 0.6 is 0 Å². The Morgan fingerprint density at radius 2 is 1.48 bits per heavy atom. The van der Waals surface area contributed by atoms with Crippen LogP contribution in [-0.2, 0) is 15.0 Å². The number of unbranched alkanes of at least 4 members (excludes halogenated alkanes) is 9. The van der Waals surface area contributed by atoms with Gasteiger partial charge in [0.25, 0.3) is 10.1 Å². The summed E-state index contributed by atoms with van der Waals surface area (Å²) in [4.78, 5) is 6.61. The Labute approximate surface area is 142 Å². The van der Waals surface area contributed by atoms with E-state index in [9.17, 15) is 8.42 Å². The van der Waals surface area contributed by atoms with Gasteiger partial charge in [-0.15, -0.1) is 0 Å². The first-order valence-electron chi connectivity index (χ1n) is 8.88. The highest BCUT2D eigenvalue weighted by Gasteiger charge is 2.18. The van der Waals surface area contributed by atoms with Crippen LogP contribution in [0, 0.1) is 0 Å². The lowest BCUT2D eigenvalue weighted by Crippen LogP contribution is -2.38. The van der Waals surface area contributed by atoms with Crippen LogP contribution in [0.4, 0.5) is 0 Å². The van der Waals surface area contributed by atoms with Crippen molar-refractivity contribution < 1.29 is 17.8 Å². The molecular weight excluding hydrogens is 316 g/mol. The third-order valence-corrected chi connectivity index (χ3v) is 4.79. The van der Waals surface area contributed by atoms with Crippen LogP contribution in [0.1, 0.15) is 71.1 Å². The van der Waals surface area contributed by atoms with Gasteiger partial charge < -0.3 is 4.90 Å². The van der Waals surface area contributed by atoms with Gasteiger partial charge in [-0.3, -0.25) is 9.39 Å². The molecule has 0 spiro atoms. The number of rotatable bonds is 16. The molecule has 1 unspecified atom stereocenters. The van der Waals surface area contributed by atoms with E-state index in [4.69, 9.17) is 10.4 Å².